The SMILES string of the molecule is CN=C(NCC(C)C)N1CCOC(c2cnn(C)c2)C1.I. The van der Waals surface area contributed by atoms with Crippen LogP contribution in [0, 0.1) is 5.92 Å². The summed E-state index contributed by atoms with van der Waals surface area (Å²) in [6, 6.07) is 0. The van der Waals surface area contributed by atoms with Crippen LogP contribution in [0.3, 0.4) is 0 Å². The Morgan fingerprint density at radius 3 is 2.90 bits per heavy atom. The van der Waals surface area contributed by atoms with Gasteiger partial charge in [-0.1, -0.05) is 13.8 Å². The first-order valence-electron chi connectivity index (χ1n) is 7.16. The van der Waals surface area contributed by atoms with Crippen molar-refractivity contribution in [1.82, 2.24) is 20.0 Å². The topological polar surface area (TPSA) is 54.7 Å². The Hall–Kier alpha value is -0.830. The number of hydrogen-bond acceptors (Lipinski definition) is 3. The zero-order chi connectivity index (χ0) is 14.5. The predicted molar refractivity (Wildman–Crippen MR) is 95.1 cm³/mol. The summed E-state index contributed by atoms with van der Waals surface area (Å²) in [7, 11) is 3.75. The van der Waals surface area contributed by atoms with E-state index in [4.69, 9.17) is 4.74 Å². The van der Waals surface area contributed by atoms with Crippen LogP contribution in [-0.4, -0.2) is 53.9 Å². The molecular formula is C14H26IN5O. The lowest BCUT2D eigenvalue weighted by atomic mass is 10.1. The summed E-state index contributed by atoms with van der Waals surface area (Å²) in [4.78, 5) is 6.63. The second-order valence-corrected chi connectivity index (χ2v) is 5.57. The molecule has 0 aromatic carbocycles. The standard InChI is InChI=1S/C14H25N5O.HI/c1-11(2)7-16-14(15-3)19-5-6-20-13(10-19)12-8-17-18(4)9-12;/h8-9,11,13H,5-7,10H2,1-4H3,(H,15,16);1H. The van der Waals surface area contributed by atoms with Crippen LogP contribution in [-0.2, 0) is 11.8 Å². The summed E-state index contributed by atoms with van der Waals surface area (Å²) >= 11 is 0. The van der Waals surface area contributed by atoms with Crippen molar-refractivity contribution in [1.29, 1.82) is 0 Å². The number of aliphatic imine (C=N–C) groups is 1. The number of aromatic nitrogens is 2. The highest BCUT2D eigenvalue weighted by atomic mass is 127. The average molecular weight is 407 g/mol. The first-order chi connectivity index (χ1) is 9.60. The third-order valence-electron chi connectivity index (χ3n) is 3.34. The number of rotatable bonds is 3. The lowest BCUT2D eigenvalue weighted by Crippen LogP contribution is -2.48. The van der Waals surface area contributed by atoms with Gasteiger partial charge >= 0.3 is 0 Å². The highest BCUT2D eigenvalue weighted by Gasteiger charge is 2.25. The number of halogens is 1. The van der Waals surface area contributed by atoms with Crippen LogP contribution >= 0.6 is 24.0 Å². The zero-order valence-electron chi connectivity index (χ0n) is 13.2. The van der Waals surface area contributed by atoms with Gasteiger partial charge in [-0.3, -0.25) is 9.67 Å². The van der Waals surface area contributed by atoms with Gasteiger partial charge in [-0.2, -0.15) is 5.10 Å². The van der Waals surface area contributed by atoms with E-state index in [1.807, 2.05) is 31.2 Å². The fraction of sp³-hybridized carbons (Fsp3) is 0.714. The maximum atomic E-state index is 5.85. The molecule has 1 unspecified atom stereocenters. The average Bonchev–Trinajstić information content (AvgIpc) is 2.86. The molecule has 1 N–H and O–H groups in total. The van der Waals surface area contributed by atoms with Crippen molar-refractivity contribution < 1.29 is 4.74 Å². The van der Waals surface area contributed by atoms with Gasteiger partial charge in [0.1, 0.15) is 6.10 Å². The molecular weight excluding hydrogens is 381 g/mol. The van der Waals surface area contributed by atoms with Gasteiger partial charge in [-0.05, 0) is 5.92 Å². The van der Waals surface area contributed by atoms with Gasteiger partial charge < -0.3 is 15.0 Å². The molecule has 0 amide bonds. The summed E-state index contributed by atoms with van der Waals surface area (Å²) in [5.74, 6) is 1.55. The van der Waals surface area contributed by atoms with Gasteiger partial charge in [0.05, 0.1) is 19.3 Å². The van der Waals surface area contributed by atoms with Gasteiger partial charge in [0, 0.05) is 38.9 Å². The molecule has 1 atom stereocenters. The van der Waals surface area contributed by atoms with Crippen molar-refractivity contribution in [2.75, 3.05) is 33.3 Å². The summed E-state index contributed by atoms with van der Waals surface area (Å²) < 4.78 is 7.66. The van der Waals surface area contributed by atoms with E-state index in [9.17, 15) is 0 Å². The van der Waals surface area contributed by atoms with Crippen molar-refractivity contribution >= 4 is 29.9 Å². The molecule has 1 aromatic heterocycles. The fourth-order valence-electron chi connectivity index (χ4n) is 2.28. The normalized spacial score (nSPS) is 19.6. The largest absolute Gasteiger partial charge is 0.370 e. The molecule has 1 aromatic rings. The number of guanidine groups is 1. The lowest BCUT2D eigenvalue weighted by molar-refractivity contribution is -0.00805. The van der Waals surface area contributed by atoms with Crippen molar-refractivity contribution in [3.8, 4) is 0 Å². The Kier molecular flexibility index (Phi) is 7.44. The van der Waals surface area contributed by atoms with Crippen LogP contribution in [0.2, 0.25) is 0 Å². The first-order valence-corrected chi connectivity index (χ1v) is 7.16. The van der Waals surface area contributed by atoms with E-state index >= 15 is 0 Å². The number of aryl methyl sites for hydroxylation is 1. The van der Waals surface area contributed by atoms with Gasteiger partial charge in [0.15, 0.2) is 5.96 Å². The molecule has 120 valence electrons. The Labute approximate surface area is 144 Å². The van der Waals surface area contributed by atoms with E-state index in [0.717, 1.165) is 31.2 Å². The van der Waals surface area contributed by atoms with Crippen molar-refractivity contribution in [2.45, 2.75) is 20.0 Å². The molecule has 0 radical (unpaired) electrons. The third kappa shape index (κ3) is 5.14. The number of hydrogen-bond donors (Lipinski definition) is 1. The van der Waals surface area contributed by atoms with Crippen LogP contribution < -0.4 is 5.32 Å². The van der Waals surface area contributed by atoms with E-state index < -0.39 is 0 Å². The Balaban J connectivity index is 0.00000220. The highest BCUT2D eigenvalue weighted by molar-refractivity contribution is 14.0. The molecule has 6 nitrogen and oxygen atoms in total. The summed E-state index contributed by atoms with van der Waals surface area (Å²) in [5.41, 5.74) is 1.12. The number of ether oxygens (including phenoxy) is 1. The molecule has 0 bridgehead atoms. The van der Waals surface area contributed by atoms with Crippen LogP contribution in [0.4, 0.5) is 0 Å². The van der Waals surface area contributed by atoms with Crippen LogP contribution in [0.5, 0.6) is 0 Å². The van der Waals surface area contributed by atoms with Gasteiger partial charge in [-0.15, -0.1) is 24.0 Å². The third-order valence-corrected chi connectivity index (χ3v) is 3.34. The molecule has 7 heteroatoms. The first kappa shape index (κ1) is 18.2. The molecule has 1 fully saturated rings. The molecule has 2 heterocycles. The van der Waals surface area contributed by atoms with E-state index in [1.165, 1.54) is 0 Å². The maximum Gasteiger partial charge on any atom is 0.193 e. The molecule has 0 spiro atoms. The van der Waals surface area contributed by atoms with Crippen LogP contribution in [0.15, 0.2) is 17.4 Å². The maximum absolute atomic E-state index is 5.85. The van der Waals surface area contributed by atoms with Crippen LogP contribution in [0.1, 0.15) is 25.5 Å². The minimum Gasteiger partial charge on any atom is -0.370 e. The van der Waals surface area contributed by atoms with Crippen molar-refractivity contribution in [2.24, 2.45) is 18.0 Å². The molecule has 21 heavy (non-hydrogen) atoms. The molecule has 0 aliphatic carbocycles. The number of nitrogens with one attached hydrogen (secondary N) is 1. The van der Waals surface area contributed by atoms with Crippen molar-refractivity contribution in [3.05, 3.63) is 18.0 Å². The minimum atomic E-state index is 0. The number of nitrogens with zero attached hydrogens (tertiary/aromatic N) is 4. The van der Waals surface area contributed by atoms with Gasteiger partial charge in [0.2, 0.25) is 0 Å². The molecule has 1 aliphatic rings. The number of morpholine rings is 1. The molecule has 1 saturated heterocycles. The Morgan fingerprint density at radius 2 is 2.33 bits per heavy atom. The minimum absolute atomic E-state index is 0. The second kappa shape index (κ2) is 8.57. The Bertz CT molecular complexity index is 460. The van der Waals surface area contributed by atoms with E-state index in [-0.39, 0.29) is 30.1 Å². The summed E-state index contributed by atoms with van der Waals surface area (Å²) in [6.07, 6.45) is 3.95. The Morgan fingerprint density at radius 1 is 1.57 bits per heavy atom. The van der Waals surface area contributed by atoms with E-state index in [2.05, 4.69) is 34.2 Å². The fourth-order valence-corrected chi connectivity index (χ4v) is 2.28. The predicted octanol–water partition coefficient (Wildman–Crippen LogP) is 1.64. The lowest BCUT2D eigenvalue weighted by Gasteiger charge is -2.35. The monoisotopic (exact) mass is 407 g/mol. The van der Waals surface area contributed by atoms with Gasteiger partial charge in [0.25, 0.3) is 0 Å². The van der Waals surface area contributed by atoms with E-state index in [1.54, 1.807) is 0 Å². The molecule has 1 aliphatic heterocycles. The molecule has 2 rings (SSSR count). The second-order valence-electron chi connectivity index (χ2n) is 5.57. The quantitative estimate of drug-likeness (QED) is 0.471. The summed E-state index contributed by atoms with van der Waals surface area (Å²) in [5, 5.41) is 7.63. The van der Waals surface area contributed by atoms with Crippen molar-refractivity contribution in [3.63, 3.8) is 0 Å². The summed E-state index contributed by atoms with van der Waals surface area (Å²) in [6.45, 7) is 7.71. The van der Waals surface area contributed by atoms with Crippen LogP contribution in [0.25, 0.3) is 0 Å². The smallest absolute Gasteiger partial charge is 0.193 e. The van der Waals surface area contributed by atoms with Gasteiger partial charge in [-0.25, -0.2) is 0 Å². The molecule has 0 saturated carbocycles. The van der Waals surface area contributed by atoms with E-state index in [0.29, 0.717) is 12.5 Å². The highest BCUT2D eigenvalue weighted by Crippen LogP contribution is 2.21. The zero-order valence-corrected chi connectivity index (χ0v) is 15.6.